The van der Waals surface area contributed by atoms with E-state index in [9.17, 15) is 4.79 Å². The molecule has 0 saturated carbocycles. The van der Waals surface area contributed by atoms with Crippen LogP contribution < -0.4 is 20.3 Å². The van der Waals surface area contributed by atoms with Crippen molar-refractivity contribution in [2.75, 3.05) is 37.6 Å². The molecule has 4 heterocycles. The highest BCUT2D eigenvalue weighted by Gasteiger charge is 2.28. The van der Waals surface area contributed by atoms with E-state index in [1.165, 1.54) is 5.69 Å². The van der Waals surface area contributed by atoms with Crippen LogP contribution in [0.1, 0.15) is 13.3 Å². The molecule has 5 rings (SSSR count). The maximum absolute atomic E-state index is 11.6. The van der Waals surface area contributed by atoms with E-state index in [1.807, 2.05) is 19.2 Å². The lowest BCUT2D eigenvalue weighted by molar-refractivity contribution is -0.119. The first-order chi connectivity index (χ1) is 15.1. The molecule has 0 radical (unpaired) electrons. The molecule has 3 aromatic rings. The molecule has 31 heavy (non-hydrogen) atoms. The summed E-state index contributed by atoms with van der Waals surface area (Å²) in [6.45, 7) is 6.70. The minimum atomic E-state index is -0.126. The minimum Gasteiger partial charge on any atom is -0.488 e. The van der Waals surface area contributed by atoms with E-state index in [1.54, 1.807) is 10.7 Å². The number of benzene rings is 1. The Morgan fingerprint density at radius 2 is 1.97 bits per heavy atom. The Bertz CT molecular complexity index is 1090. The van der Waals surface area contributed by atoms with Gasteiger partial charge in [-0.25, -0.2) is 4.52 Å². The first kappa shape index (κ1) is 20.2. The molecule has 2 atom stereocenters. The van der Waals surface area contributed by atoms with Gasteiger partial charge in [0, 0.05) is 62.5 Å². The van der Waals surface area contributed by atoms with Crippen LogP contribution in [-0.2, 0) is 4.79 Å². The van der Waals surface area contributed by atoms with Gasteiger partial charge in [0.15, 0.2) is 0 Å². The molecule has 0 bridgehead atoms. The van der Waals surface area contributed by atoms with Gasteiger partial charge < -0.3 is 20.3 Å². The average molecular weight is 440 g/mol. The second-order valence-electron chi connectivity index (χ2n) is 8.25. The van der Waals surface area contributed by atoms with Gasteiger partial charge in [-0.05, 0) is 30.7 Å². The minimum absolute atomic E-state index is 0.0753. The summed E-state index contributed by atoms with van der Waals surface area (Å²) in [7, 11) is 0. The molecule has 2 aliphatic rings. The summed E-state index contributed by atoms with van der Waals surface area (Å²) in [5.41, 5.74) is 4.06. The SMILES string of the molecule is CC(Oc1cc(-c2ccc(N3CCNCC3)cc2)cn2ncc(Cl)c12)C1CNC(=O)C1. The summed E-state index contributed by atoms with van der Waals surface area (Å²) in [6.07, 6.45) is 3.96. The molecule has 0 aliphatic carbocycles. The van der Waals surface area contributed by atoms with Crippen LogP contribution in [0.15, 0.2) is 42.7 Å². The van der Waals surface area contributed by atoms with E-state index in [0.29, 0.717) is 23.7 Å². The maximum Gasteiger partial charge on any atom is 0.220 e. The highest BCUT2D eigenvalue weighted by Crippen LogP contribution is 2.34. The van der Waals surface area contributed by atoms with Gasteiger partial charge in [0.2, 0.25) is 5.91 Å². The quantitative estimate of drug-likeness (QED) is 0.639. The fourth-order valence-electron chi connectivity index (χ4n) is 4.34. The number of halogens is 1. The lowest BCUT2D eigenvalue weighted by Crippen LogP contribution is -2.43. The standard InChI is InChI=1S/C23H26ClN5O2/c1-15(17-11-22(30)26-12-17)31-21-10-18(14-29-23(21)20(24)13-27-29)16-2-4-19(5-3-16)28-8-6-25-7-9-28/h2-5,10,13-15,17,25H,6-9,11-12H2,1H3,(H,26,30). The number of amides is 1. The van der Waals surface area contributed by atoms with Crippen LogP contribution in [0.5, 0.6) is 5.75 Å². The van der Waals surface area contributed by atoms with Gasteiger partial charge in [0.1, 0.15) is 17.4 Å². The van der Waals surface area contributed by atoms with Crippen molar-refractivity contribution in [3.63, 3.8) is 0 Å². The lowest BCUT2D eigenvalue weighted by Gasteiger charge is -2.29. The average Bonchev–Trinajstić information content (AvgIpc) is 3.40. The molecule has 2 fully saturated rings. The fraction of sp³-hybridized carbons (Fsp3) is 0.391. The van der Waals surface area contributed by atoms with E-state index < -0.39 is 0 Å². The van der Waals surface area contributed by atoms with Crippen molar-refractivity contribution in [2.45, 2.75) is 19.4 Å². The third-order valence-electron chi connectivity index (χ3n) is 6.20. The Balaban J connectivity index is 1.44. The molecule has 2 unspecified atom stereocenters. The van der Waals surface area contributed by atoms with Crippen molar-refractivity contribution in [3.8, 4) is 16.9 Å². The number of hydrogen-bond acceptors (Lipinski definition) is 5. The summed E-state index contributed by atoms with van der Waals surface area (Å²) in [5, 5.41) is 11.2. The molecular weight excluding hydrogens is 414 g/mol. The Morgan fingerprint density at radius 3 is 2.68 bits per heavy atom. The summed E-state index contributed by atoms with van der Waals surface area (Å²) in [4.78, 5) is 14.0. The molecule has 1 amide bonds. The molecule has 162 valence electrons. The zero-order valence-electron chi connectivity index (χ0n) is 17.5. The van der Waals surface area contributed by atoms with Crippen molar-refractivity contribution in [1.82, 2.24) is 20.2 Å². The highest BCUT2D eigenvalue weighted by atomic mass is 35.5. The number of fused-ring (bicyclic) bond motifs is 1. The van der Waals surface area contributed by atoms with Gasteiger partial charge >= 0.3 is 0 Å². The van der Waals surface area contributed by atoms with Crippen LogP contribution >= 0.6 is 11.6 Å². The van der Waals surface area contributed by atoms with Gasteiger partial charge in [-0.2, -0.15) is 5.10 Å². The largest absolute Gasteiger partial charge is 0.488 e. The number of aromatic nitrogens is 2. The van der Waals surface area contributed by atoms with Gasteiger partial charge in [-0.3, -0.25) is 4.79 Å². The number of anilines is 1. The van der Waals surface area contributed by atoms with E-state index in [4.69, 9.17) is 16.3 Å². The Hall–Kier alpha value is -2.77. The van der Waals surface area contributed by atoms with E-state index in [2.05, 4.69) is 44.9 Å². The molecule has 0 spiro atoms. The van der Waals surface area contributed by atoms with E-state index >= 15 is 0 Å². The second-order valence-corrected chi connectivity index (χ2v) is 8.66. The Morgan fingerprint density at radius 1 is 1.19 bits per heavy atom. The summed E-state index contributed by atoms with van der Waals surface area (Å²) in [6, 6.07) is 10.6. The number of carbonyl (C=O) groups excluding carboxylic acids is 1. The monoisotopic (exact) mass is 439 g/mol. The molecule has 1 aromatic carbocycles. The molecule has 7 nitrogen and oxygen atoms in total. The molecular formula is C23H26ClN5O2. The van der Waals surface area contributed by atoms with Crippen LogP contribution in [0, 0.1) is 5.92 Å². The number of hydrogen-bond donors (Lipinski definition) is 2. The summed E-state index contributed by atoms with van der Waals surface area (Å²) < 4.78 is 8.09. The van der Waals surface area contributed by atoms with Crippen LogP contribution in [0.4, 0.5) is 5.69 Å². The summed E-state index contributed by atoms with van der Waals surface area (Å²) >= 11 is 6.41. The van der Waals surface area contributed by atoms with E-state index in [-0.39, 0.29) is 17.9 Å². The Kier molecular flexibility index (Phi) is 5.46. The zero-order chi connectivity index (χ0) is 21.4. The first-order valence-corrected chi connectivity index (χ1v) is 11.1. The molecule has 8 heteroatoms. The van der Waals surface area contributed by atoms with Gasteiger partial charge in [-0.1, -0.05) is 23.7 Å². The van der Waals surface area contributed by atoms with Crippen molar-refractivity contribution in [1.29, 1.82) is 0 Å². The van der Waals surface area contributed by atoms with Crippen molar-refractivity contribution in [2.24, 2.45) is 5.92 Å². The zero-order valence-corrected chi connectivity index (χ0v) is 18.2. The highest BCUT2D eigenvalue weighted by molar-refractivity contribution is 6.34. The van der Waals surface area contributed by atoms with Crippen LogP contribution in [0.2, 0.25) is 5.02 Å². The number of rotatable bonds is 5. The fourth-order valence-corrected chi connectivity index (χ4v) is 4.56. The lowest BCUT2D eigenvalue weighted by atomic mass is 10.0. The number of nitrogens with zero attached hydrogens (tertiary/aromatic N) is 3. The predicted molar refractivity (Wildman–Crippen MR) is 122 cm³/mol. The van der Waals surface area contributed by atoms with Gasteiger partial charge in [0.25, 0.3) is 0 Å². The summed E-state index contributed by atoms with van der Waals surface area (Å²) in [5.74, 6) is 0.889. The van der Waals surface area contributed by atoms with Gasteiger partial charge in [-0.15, -0.1) is 0 Å². The third-order valence-corrected chi connectivity index (χ3v) is 6.48. The van der Waals surface area contributed by atoms with Crippen LogP contribution in [0.3, 0.4) is 0 Å². The van der Waals surface area contributed by atoms with Gasteiger partial charge in [0.05, 0.1) is 11.2 Å². The second kappa shape index (κ2) is 8.40. The number of nitrogens with one attached hydrogen (secondary N) is 2. The molecule has 2 N–H and O–H groups in total. The Labute approximate surface area is 186 Å². The van der Waals surface area contributed by atoms with Crippen LogP contribution in [0.25, 0.3) is 16.6 Å². The van der Waals surface area contributed by atoms with Crippen molar-refractivity contribution < 1.29 is 9.53 Å². The maximum atomic E-state index is 11.6. The topological polar surface area (TPSA) is 70.9 Å². The predicted octanol–water partition coefficient (Wildman–Crippen LogP) is 2.97. The molecule has 2 saturated heterocycles. The first-order valence-electron chi connectivity index (χ1n) is 10.7. The number of carbonyl (C=O) groups is 1. The van der Waals surface area contributed by atoms with Crippen LogP contribution in [-0.4, -0.2) is 54.3 Å². The number of ether oxygens (including phenoxy) is 1. The van der Waals surface area contributed by atoms with Crippen molar-refractivity contribution >= 4 is 28.7 Å². The smallest absolute Gasteiger partial charge is 0.220 e. The normalized spacial score (nSPS) is 20.1. The third kappa shape index (κ3) is 4.07. The van der Waals surface area contributed by atoms with Crippen molar-refractivity contribution in [3.05, 3.63) is 47.7 Å². The molecule has 2 aromatic heterocycles. The van der Waals surface area contributed by atoms with E-state index in [0.717, 1.165) is 42.8 Å². The number of pyridine rings is 1. The molecule has 2 aliphatic heterocycles. The number of piperazine rings is 1.